The Balaban J connectivity index is 1.76. The lowest BCUT2D eigenvalue weighted by Gasteiger charge is -2.32. The quantitative estimate of drug-likeness (QED) is 0.864. The summed E-state index contributed by atoms with van der Waals surface area (Å²) in [6, 6.07) is 5.83. The predicted molar refractivity (Wildman–Crippen MR) is 81.4 cm³/mol. The summed E-state index contributed by atoms with van der Waals surface area (Å²) in [6.45, 7) is 1.90. The fourth-order valence-corrected chi connectivity index (χ4v) is 3.05. The zero-order valence-electron chi connectivity index (χ0n) is 12.3. The van der Waals surface area contributed by atoms with E-state index in [0.29, 0.717) is 18.4 Å². The Hall–Kier alpha value is -1.88. The number of anilines is 1. The summed E-state index contributed by atoms with van der Waals surface area (Å²) in [6.07, 6.45) is 3.36. The second-order valence-electron chi connectivity index (χ2n) is 5.84. The Kier molecular flexibility index (Phi) is 3.92. The van der Waals surface area contributed by atoms with Gasteiger partial charge in [0.25, 0.3) is 5.91 Å². The summed E-state index contributed by atoms with van der Waals surface area (Å²) < 4.78 is 0. The maximum Gasteiger partial charge on any atom is 0.253 e. The molecule has 112 valence electrons. The van der Waals surface area contributed by atoms with Crippen LogP contribution in [0, 0.1) is 0 Å². The van der Waals surface area contributed by atoms with Crippen molar-refractivity contribution in [1.82, 2.24) is 10.2 Å². The van der Waals surface area contributed by atoms with Crippen molar-refractivity contribution in [2.45, 2.75) is 31.7 Å². The highest BCUT2D eigenvalue weighted by Crippen LogP contribution is 2.24. The van der Waals surface area contributed by atoms with Crippen LogP contribution in [0.2, 0.25) is 0 Å². The molecule has 0 spiro atoms. The summed E-state index contributed by atoms with van der Waals surface area (Å²) in [4.78, 5) is 25.8. The van der Waals surface area contributed by atoms with Crippen LogP contribution in [0.3, 0.4) is 0 Å². The Morgan fingerprint density at radius 3 is 2.95 bits per heavy atom. The van der Waals surface area contributed by atoms with Crippen molar-refractivity contribution in [3.8, 4) is 0 Å². The number of rotatable bonds is 2. The van der Waals surface area contributed by atoms with Gasteiger partial charge in [0, 0.05) is 37.3 Å². The van der Waals surface area contributed by atoms with Gasteiger partial charge in [-0.25, -0.2) is 0 Å². The number of nitrogens with one attached hydrogen (secondary N) is 2. The van der Waals surface area contributed by atoms with Gasteiger partial charge in [-0.3, -0.25) is 9.59 Å². The minimum Gasteiger partial charge on any atom is -0.337 e. The van der Waals surface area contributed by atoms with E-state index in [1.165, 1.54) is 0 Å². The zero-order chi connectivity index (χ0) is 14.8. The van der Waals surface area contributed by atoms with E-state index in [4.69, 9.17) is 0 Å². The molecule has 1 unspecified atom stereocenters. The number of amides is 2. The molecule has 2 amide bonds. The minimum absolute atomic E-state index is 0.0481. The number of nitrogens with zero attached hydrogens (tertiary/aromatic N) is 1. The second kappa shape index (κ2) is 5.85. The Labute approximate surface area is 124 Å². The molecule has 2 heterocycles. The van der Waals surface area contributed by atoms with Crippen LogP contribution < -0.4 is 10.6 Å². The Morgan fingerprint density at radius 1 is 1.33 bits per heavy atom. The van der Waals surface area contributed by atoms with E-state index in [-0.39, 0.29) is 17.9 Å². The maximum atomic E-state index is 12.6. The van der Waals surface area contributed by atoms with Crippen LogP contribution >= 0.6 is 0 Å². The largest absolute Gasteiger partial charge is 0.337 e. The standard InChI is InChI=1S/C16H21N3O2/c1-19(13-3-2-8-17-10-13)16(21)12-4-6-14-11(9-12)5-7-15(20)18-14/h4,6,9,13,17H,2-3,5,7-8,10H2,1H3,(H,18,20). The van der Waals surface area contributed by atoms with E-state index in [1.54, 1.807) is 6.07 Å². The molecule has 0 bridgehead atoms. The van der Waals surface area contributed by atoms with Crippen LogP contribution in [-0.2, 0) is 11.2 Å². The number of fused-ring (bicyclic) bond motifs is 1. The van der Waals surface area contributed by atoms with Crippen LogP contribution in [0.5, 0.6) is 0 Å². The van der Waals surface area contributed by atoms with E-state index >= 15 is 0 Å². The number of aryl methyl sites for hydroxylation is 1. The molecule has 0 aliphatic carbocycles. The highest BCUT2D eigenvalue weighted by Gasteiger charge is 2.24. The van der Waals surface area contributed by atoms with E-state index < -0.39 is 0 Å². The number of piperidine rings is 1. The SMILES string of the molecule is CN(C(=O)c1ccc2c(c1)CCC(=O)N2)C1CCCNC1. The first-order valence-electron chi connectivity index (χ1n) is 7.56. The van der Waals surface area contributed by atoms with Crippen LogP contribution in [0.15, 0.2) is 18.2 Å². The fourth-order valence-electron chi connectivity index (χ4n) is 3.05. The lowest BCUT2D eigenvalue weighted by molar-refractivity contribution is -0.116. The Bertz CT molecular complexity index is 565. The van der Waals surface area contributed by atoms with Gasteiger partial charge in [-0.15, -0.1) is 0 Å². The van der Waals surface area contributed by atoms with Gasteiger partial charge in [0.05, 0.1) is 0 Å². The first-order chi connectivity index (χ1) is 10.1. The highest BCUT2D eigenvalue weighted by molar-refractivity contribution is 5.98. The van der Waals surface area contributed by atoms with Crippen LogP contribution in [0.25, 0.3) is 0 Å². The van der Waals surface area contributed by atoms with Crippen LogP contribution in [0.4, 0.5) is 5.69 Å². The van der Waals surface area contributed by atoms with Crippen molar-refractivity contribution in [3.63, 3.8) is 0 Å². The molecule has 1 saturated heterocycles. The third kappa shape index (κ3) is 2.93. The van der Waals surface area contributed by atoms with E-state index in [1.807, 2.05) is 24.1 Å². The molecule has 1 aromatic rings. The van der Waals surface area contributed by atoms with Crippen LogP contribution in [-0.4, -0.2) is 42.9 Å². The second-order valence-corrected chi connectivity index (χ2v) is 5.84. The minimum atomic E-state index is 0.0481. The van der Waals surface area contributed by atoms with E-state index in [0.717, 1.165) is 37.2 Å². The average Bonchev–Trinajstić information content (AvgIpc) is 2.53. The fraction of sp³-hybridized carbons (Fsp3) is 0.500. The molecule has 21 heavy (non-hydrogen) atoms. The van der Waals surface area contributed by atoms with E-state index in [2.05, 4.69) is 10.6 Å². The molecule has 0 radical (unpaired) electrons. The van der Waals surface area contributed by atoms with Crippen molar-refractivity contribution in [2.24, 2.45) is 0 Å². The highest BCUT2D eigenvalue weighted by atomic mass is 16.2. The average molecular weight is 287 g/mol. The van der Waals surface area contributed by atoms with Crippen molar-refractivity contribution < 1.29 is 9.59 Å². The molecule has 5 nitrogen and oxygen atoms in total. The molecule has 2 N–H and O–H groups in total. The first-order valence-corrected chi connectivity index (χ1v) is 7.56. The number of hydrogen-bond acceptors (Lipinski definition) is 3. The number of benzene rings is 1. The lowest BCUT2D eigenvalue weighted by atomic mass is 9.99. The van der Waals surface area contributed by atoms with Gasteiger partial charge in [-0.1, -0.05) is 0 Å². The molecule has 0 aromatic heterocycles. The van der Waals surface area contributed by atoms with Gasteiger partial charge >= 0.3 is 0 Å². The summed E-state index contributed by atoms with van der Waals surface area (Å²) in [7, 11) is 1.88. The summed E-state index contributed by atoms with van der Waals surface area (Å²) in [5.74, 6) is 0.107. The van der Waals surface area contributed by atoms with Gasteiger partial charge < -0.3 is 15.5 Å². The Morgan fingerprint density at radius 2 is 2.19 bits per heavy atom. The molecule has 2 aliphatic heterocycles. The molecular weight excluding hydrogens is 266 g/mol. The molecule has 1 aromatic carbocycles. The lowest BCUT2D eigenvalue weighted by Crippen LogP contribution is -2.46. The van der Waals surface area contributed by atoms with Gasteiger partial charge in [0.2, 0.25) is 5.91 Å². The van der Waals surface area contributed by atoms with Crippen molar-refractivity contribution in [3.05, 3.63) is 29.3 Å². The summed E-state index contributed by atoms with van der Waals surface area (Å²) >= 11 is 0. The zero-order valence-corrected chi connectivity index (χ0v) is 12.3. The van der Waals surface area contributed by atoms with Gasteiger partial charge in [-0.2, -0.15) is 0 Å². The maximum absolute atomic E-state index is 12.6. The third-order valence-electron chi connectivity index (χ3n) is 4.39. The molecule has 1 fully saturated rings. The molecule has 0 saturated carbocycles. The smallest absolute Gasteiger partial charge is 0.253 e. The normalized spacial score (nSPS) is 21.4. The topological polar surface area (TPSA) is 61.4 Å². The van der Waals surface area contributed by atoms with Crippen molar-refractivity contribution in [1.29, 1.82) is 0 Å². The summed E-state index contributed by atoms with van der Waals surface area (Å²) in [5, 5.41) is 6.18. The monoisotopic (exact) mass is 287 g/mol. The number of hydrogen-bond donors (Lipinski definition) is 2. The molecule has 5 heteroatoms. The molecule has 1 atom stereocenters. The van der Waals surface area contributed by atoms with Crippen LogP contribution in [0.1, 0.15) is 35.2 Å². The number of carbonyl (C=O) groups is 2. The van der Waals surface area contributed by atoms with Crippen molar-refractivity contribution in [2.75, 3.05) is 25.5 Å². The molecule has 3 rings (SSSR count). The first kappa shape index (κ1) is 14.1. The third-order valence-corrected chi connectivity index (χ3v) is 4.39. The van der Waals surface area contributed by atoms with Crippen molar-refractivity contribution >= 4 is 17.5 Å². The number of carbonyl (C=O) groups excluding carboxylic acids is 2. The summed E-state index contributed by atoms with van der Waals surface area (Å²) in [5.41, 5.74) is 2.60. The molecule has 2 aliphatic rings. The van der Waals surface area contributed by atoms with Gasteiger partial charge in [0.1, 0.15) is 0 Å². The predicted octanol–water partition coefficient (Wildman–Crippen LogP) is 1.40. The van der Waals surface area contributed by atoms with Gasteiger partial charge in [0.15, 0.2) is 0 Å². The van der Waals surface area contributed by atoms with Gasteiger partial charge in [-0.05, 0) is 49.6 Å². The number of likely N-dealkylation sites (N-methyl/N-ethyl adjacent to an activating group) is 1. The molecular formula is C16H21N3O2. The van der Waals surface area contributed by atoms with E-state index in [9.17, 15) is 9.59 Å².